The van der Waals surface area contributed by atoms with Crippen LogP contribution in [0.15, 0.2) is 82.4 Å². The van der Waals surface area contributed by atoms with E-state index in [9.17, 15) is 18.0 Å². The molecule has 0 saturated carbocycles. The van der Waals surface area contributed by atoms with Gasteiger partial charge in [-0.2, -0.15) is 13.2 Å². The van der Waals surface area contributed by atoms with Crippen molar-refractivity contribution in [1.29, 1.82) is 0 Å². The van der Waals surface area contributed by atoms with Crippen molar-refractivity contribution >= 4 is 50.8 Å². The summed E-state index contributed by atoms with van der Waals surface area (Å²) in [5.41, 5.74) is -0.443. The molecule has 0 spiro atoms. The number of para-hydroxylation sites is 2. The average Bonchev–Trinajstić information content (AvgIpc) is 2.85. The maximum atomic E-state index is 14.0. The quantitative estimate of drug-likeness (QED) is 0.155. The molecule has 1 atom stereocenters. The van der Waals surface area contributed by atoms with E-state index in [2.05, 4.69) is 36.4 Å². The van der Waals surface area contributed by atoms with Crippen molar-refractivity contribution in [1.82, 2.24) is 15.3 Å². The molecule has 0 aliphatic carbocycles. The lowest BCUT2D eigenvalue weighted by Gasteiger charge is -2.20. The molecule has 0 aliphatic heterocycles. The molecule has 0 fully saturated rings. The van der Waals surface area contributed by atoms with E-state index in [1.165, 1.54) is 36.4 Å². The smallest absolute Gasteiger partial charge is 0.390 e. The highest BCUT2D eigenvalue weighted by atomic mass is 79.9. The highest BCUT2D eigenvalue weighted by Gasteiger charge is 2.41. The van der Waals surface area contributed by atoms with Gasteiger partial charge in [0.2, 0.25) is 5.91 Å². The molecule has 36 heavy (non-hydrogen) atoms. The topological polar surface area (TPSA) is 76.5 Å². The molecule has 0 unspecified atom stereocenters. The largest absolute Gasteiger partial charge is 0.435 e. The van der Waals surface area contributed by atoms with Gasteiger partial charge >= 0.3 is 6.18 Å². The van der Waals surface area contributed by atoms with E-state index in [0.717, 1.165) is 16.4 Å². The minimum atomic E-state index is -4.85. The van der Waals surface area contributed by atoms with E-state index in [1.807, 2.05) is 24.3 Å². The van der Waals surface area contributed by atoms with E-state index in [-0.39, 0.29) is 23.2 Å². The average molecular weight is 578 g/mol. The van der Waals surface area contributed by atoms with Gasteiger partial charge in [-0.05, 0) is 35.9 Å². The van der Waals surface area contributed by atoms with Gasteiger partial charge in [-0.25, -0.2) is 9.97 Å². The summed E-state index contributed by atoms with van der Waals surface area (Å²) in [6.07, 6.45) is -3.87. The fraction of sp³-hybridized carbons (Fsp3) is 0.120. The second-order valence-corrected chi connectivity index (χ2v) is 8.83. The van der Waals surface area contributed by atoms with Crippen LogP contribution < -0.4 is 5.32 Å². The highest BCUT2D eigenvalue weighted by molar-refractivity contribution is 9.10. The number of rotatable bonds is 7. The van der Waals surface area contributed by atoms with E-state index in [1.54, 1.807) is 12.1 Å². The number of aromatic nitrogens is 2. The molecule has 11 heteroatoms. The number of nitrogens with zero attached hydrogens (tertiary/aromatic N) is 3. The number of amides is 1. The number of benzene rings is 3. The van der Waals surface area contributed by atoms with Gasteiger partial charge in [0.15, 0.2) is 5.69 Å². The molecule has 4 rings (SSSR count). The van der Waals surface area contributed by atoms with Gasteiger partial charge in [-0.1, -0.05) is 75.2 Å². The lowest BCUT2D eigenvalue weighted by atomic mass is 9.92. The lowest BCUT2D eigenvalue weighted by Crippen LogP contribution is -2.31. The van der Waals surface area contributed by atoms with Gasteiger partial charge in [-0.3, -0.25) is 4.79 Å². The van der Waals surface area contributed by atoms with Crippen LogP contribution in [0.1, 0.15) is 28.4 Å². The molecule has 0 radical (unpaired) electrons. The Bertz CT molecular complexity index is 1410. The predicted octanol–water partition coefficient (Wildman–Crippen LogP) is 6.47. The highest BCUT2D eigenvalue weighted by Crippen LogP contribution is 2.37. The van der Waals surface area contributed by atoms with Gasteiger partial charge in [0, 0.05) is 15.1 Å². The molecule has 1 N–H and O–H groups in total. The van der Waals surface area contributed by atoms with Gasteiger partial charge in [0.1, 0.15) is 18.9 Å². The van der Waals surface area contributed by atoms with Crippen molar-refractivity contribution in [2.75, 3.05) is 0 Å². The van der Waals surface area contributed by atoms with Crippen LogP contribution in [-0.4, -0.2) is 22.2 Å². The van der Waals surface area contributed by atoms with E-state index >= 15 is 0 Å². The Hall–Kier alpha value is -3.50. The number of hydrogen-bond acceptors (Lipinski definition) is 5. The number of oxime groups is 1. The number of carbonyl (C=O) groups is 1. The molecule has 1 amide bonds. The Morgan fingerprint density at radius 2 is 1.67 bits per heavy atom. The van der Waals surface area contributed by atoms with Crippen LogP contribution in [0.4, 0.5) is 13.2 Å². The molecular formula is C25H17BrClF3N4O2. The minimum absolute atomic E-state index is 0.0610. The van der Waals surface area contributed by atoms with Crippen molar-refractivity contribution in [3.63, 3.8) is 0 Å². The fourth-order valence-electron chi connectivity index (χ4n) is 3.45. The van der Waals surface area contributed by atoms with E-state index in [4.69, 9.17) is 16.4 Å². The standard InChI is InChI=1S/C25H17BrClF3N4O2/c26-18-6-2-1-5-16(18)13-36-32-14-31-24(35)21(15-9-11-17(27)12-10-15)22-23(25(28,29)30)34-20-8-4-3-7-19(20)33-22/h1-12,14,21H,13H2,(H,31,32,35)/t21-/m1/s1. The van der Waals surface area contributed by atoms with E-state index in [0.29, 0.717) is 5.02 Å². The Balaban J connectivity index is 1.66. The van der Waals surface area contributed by atoms with Crippen LogP contribution in [0.5, 0.6) is 0 Å². The van der Waals surface area contributed by atoms with Crippen LogP contribution in [0.2, 0.25) is 5.02 Å². The van der Waals surface area contributed by atoms with E-state index < -0.39 is 29.4 Å². The van der Waals surface area contributed by atoms with Crippen LogP contribution in [0.25, 0.3) is 11.0 Å². The van der Waals surface area contributed by atoms with Crippen molar-refractivity contribution in [3.05, 3.63) is 105 Å². The molecule has 0 aliphatic rings. The molecular weight excluding hydrogens is 561 g/mol. The van der Waals surface area contributed by atoms with Crippen molar-refractivity contribution in [2.45, 2.75) is 18.7 Å². The Morgan fingerprint density at radius 3 is 2.33 bits per heavy atom. The molecule has 1 aromatic heterocycles. The molecule has 6 nitrogen and oxygen atoms in total. The lowest BCUT2D eigenvalue weighted by molar-refractivity contribution is -0.142. The summed E-state index contributed by atoms with van der Waals surface area (Å²) in [5, 5.41) is 6.44. The number of fused-ring (bicyclic) bond motifs is 1. The summed E-state index contributed by atoms with van der Waals surface area (Å²) >= 11 is 9.34. The Kier molecular flexibility index (Phi) is 7.85. The summed E-state index contributed by atoms with van der Waals surface area (Å²) in [6.45, 7) is 0.114. The second-order valence-electron chi connectivity index (χ2n) is 7.54. The number of alkyl halides is 3. The van der Waals surface area contributed by atoms with Crippen LogP contribution in [0.3, 0.4) is 0 Å². The molecule has 1 heterocycles. The fourth-order valence-corrected chi connectivity index (χ4v) is 3.97. The number of halogens is 5. The van der Waals surface area contributed by atoms with Gasteiger partial charge < -0.3 is 10.2 Å². The molecule has 0 bridgehead atoms. The summed E-state index contributed by atoms with van der Waals surface area (Å²) in [6, 6.07) is 19.4. The minimum Gasteiger partial charge on any atom is -0.390 e. The summed E-state index contributed by atoms with van der Waals surface area (Å²) < 4.78 is 42.9. The first-order valence-electron chi connectivity index (χ1n) is 10.5. The summed E-state index contributed by atoms with van der Waals surface area (Å²) in [4.78, 5) is 26.4. The van der Waals surface area contributed by atoms with Gasteiger partial charge in [-0.15, -0.1) is 0 Å². The molecule has 3 aromatic carbocycles. The maximum Gasteiger partial charge on any atom is 0.435 e. The first kappa shape index (κ1) is 25.6. The Morgan fingerprint density at radius 1 is 1.03 bits per heavy atom. The zero-order chi connectivity index (χ0) is 25.7. The predicted molar refractivity (Wildman–Crippen MR) is 133 cm³/mol. The van der Waals surface area contributed by atoms with Crippen molar-refractivity contribution < 1.29 is 22.8 Å². The van der Waals surface area contributed by atoms with Crippen LogP contribution in [-0.2, 0) is 22.4 Å². The number of nitrogens with one attached hydrogen (secondary N) is 1. The molecule has 4 aromatic rings. The third-order valence-electron chi connectivity index (χ3n) is 5.12. The second kappa shape index (κ2) is 11.0. The maximum absolute atomic E-state index is 14.0. The van der Waals surface area contributed by atoms with Gasteiger partial charge in [0.05, 0.1) is 16.7 Å². The van der Waals surface area contributed by atoms with Crippen LogP contribution in [0, 0.1) is 0 Å². The Labute approximate surface area is 217 Å². The zero-order valence-corrected chi connectivity index (χ0v) is 20.7. The summed E-state index contributed by atoms with van der Waals surface area (Å²) in [7, 11) is 0. The zero-order valence-electron chi connectivity index (χ0n) is 18.3. The molecule has 184 valence electrons. The first-order valence-corrected chi connectivity index (χ1v) is 11.7. The van der Waals surface area contributed by atoms with Crippen molar-refractivity contribution in [2.24, 2.45) is 5.16 Å². The number of hydrogen-bond donors (Lipinski definition) is 1. The number of carbonyl (C=O) groups excluding carboxylic acids is 1. The SMILES string of the molecule is O=C(NC=NOCc1ccccc1Br)[C@H](c1ccc(Cl)cc1)c1nc2ccccc2nc1C(F)(F)F. The van der Waals surface area contributed by atoms with Crippen molar-refractivity contribution in [3.8, 4) is 0 Å². The third kappa shape index (κ3) is 6.00. The normalized spacial score (nSPS) is 12.6. The molecule has 0 saturated heterocycles. The monoisotopic (exact) mass is 576 g/mol. The third-order valence-corrected chi connectivity index (χ3v) is 6.14. The first-order chi connectivity index (χ1) is 17.2. The summed E-state index contributed by atoms with van der Waals surface area (Å²) in [5.74, 6) is -2.26. The van der Waals surface area contributed by atoms with Crippen LogP contribution >= 0.6 is 27.5 Å². The van der Waals surface area contributed by atoms with Gasteiger partial charge in [0.25, 0.3) is 0 Å².